The van der Waals surface area contributed by atoms with Crippen LogP contribution in [-0.4, -0.2) is 54.5 Å². The number of aromatic nitrogens is 6. The van der Waals surface area contributed by atoms with Crippen LogP contribution in [0.4, 0.5) is 16.9 Å². The third-order valence-electron chi connectivity index (χ3n) is 5.85. The molecule has 1 aliphatic rings. The van der Waals surface area contributed by atoms with Crippen molar-refractivity contribution in [2.24, 2.45) is 0 Å². The van der Waals surface area contributed by atoms with Crippen molar-refractivity contribution in [3.63, 3.8) is 0 Å². The van der Waals surface area contributed by atoms with Gasteiger partial charge in [0.15, 0.2) is 11.6 Å². The Morgan fingerprint density at radius 2 is 2.09 bits per heavy atom. The van der Waals surface area contributed by atoms with Crippen molar-refractivity contribution in [3.05, 3.63) is 54.1 Å². The van der Waals surface area contributed by atoms with E-state index in [9.17, 15) is 5.11 Å². The minimum Gasteiger partial charge on any atom is -0.491 e. The molecule has 1 aromatic carbocycles. The van der Waals surface area contributed by atoms with E-state index < -0.39 is 0 Å². The van der Waals surface area contributed by atoms with E-state index in [4.69, 9.17) is 14.7 Å². The molecule has 1 atom stereocenters. The minimum atomic E-state index is 0.00311. The Kier molecular flexibility index (Phi) is 6.37. The second kappa shape index (κ2) is 9.74. The van der Waals surface area contributed by atoms with Crippen LogP contribution in [-0.2, 0) is 6.54 Å². The van der Waals surface area contributed by atoms with Gasteiger partial charge in [-0.15, -0.1) is 0 Å². The van der Waals surface area contributed by atoms with E-state index in [1.54, 1.807) is 18.0 Å². The fraction of sp³-hybridized carbons (Fsp3) is 0.348. The Hall–Kier alpha value is -3.57. The number of rotatable bonds is 8. The zero-order chi connectivity index (χ0) is 23.5. The second-order valence-corrected chi connectivity index (χ2v) is 8.88. The molecule has 34 heavy (non-hydrogen) atoms. The van der Waals surface area contributed by atoms with Gasteiger partial charge in [-0.05, 0) is 25.3 Å². The van der Waals surface area contributed by atoms with Crippen molar-refractivity contribution in [1.82, 2.24) is 29.1 Å². The number of nitrogens with zero attached hydrogens (tertiary/aromatic N) is 7. The molecule has 1 aliphatic heterocycles. The summed E-state index contributed by atoms with van der Waals surface area (Å²) in [5.41, 5.74) is 3.89. The number of aliphatic hydroxyl groups is 1. The first-order valence-corrected chi connectivity index (χ1v) is 11.9. The van der Waals surface area contributed by atoms with Gasteiger partial charge in [-0.1, -0.05) is 29.8 Å². The van der Waals surface area contributed by atoms with Gasteiger partial charge in [0, 0.05) is 29.8 Å². The summed E-state index contributed by atoms with van der Waals surface area (Å²) in [6.45, 7) is 3.35. The molecule has 1 fully saturated rings. The predicted molar refractivity (Wildman–Crippen MR) is 131 cm³/mol. The Balaban J connectivity index is 1.60. The maximum Gasteiger partial charge on any atom is 0.228 e. The predicted octanol–water partition coefficient (Wildman–Crippen LogP) is 3.59. The van der Waals surface area contributed by atoms with Gasteiger partial charge in [-0.25, -0.2) is 9.97 Å². The average molecular weight is 479 g/mol. The van der Waals surface area contributed by atoms with Gasteiger partial charge < -0.3 is 20.1 Å². The number of aliphatic hydroxyl groups excluding tert-OH is 1. The first-order valence-electron chi connectivity index (χ1n) is 11.1. The highest BCUT2D eigenvalue weighted by atomic mass is 32.1. The van der Waals surface area contributed by atoms with Gasteiger partial charge in [-0.2, -0.15) is 14.5 Å². The summed E-state index contributed by atoms with van der Waals surface area (Å²) in [6, 6.07) is 8.84. The summed E-state index contributed by atoms with van der Waals surface area (Å²) < 4.78 is 11.5. The number of benzene rings is 1. The standard InChI is InChI=1S/C23H26N8O2S/c1-15-5-7-16(8-6-15)18-4-3-9-31(18)22-27-19(17-12-25-30(13-17)10-11-32)20(33-2)21(28-22)29-23-24-14-26-34-23/h5-8,12-14,18,32H,3-4,9-11H2,1-2H3,(H,24,26,27,28,29)/t18-/m0/s1. The Morgan fingerprint density at radius 1 is 1.24 bits per heavy atom. The summed E-state index contributed by atoms with van der Waals surface area (Å²) in [5.74, 6) is 1.62. The van der Waals surface area contributed by atoms with Crippen LogP contribution >= 0.6 is 11.5 Å². The van der Waals surface area contributed by atoms with Crippen LogP contribution in [0.2, 0.25) is 0 Å². The van der Waals surface area contributed by atoms with E-state index in [0.29, 0.717) is 34.9 Å². The number of methoxy groups -OCH3 is 1. The number of ether oxygens (including phenoxy) is 1. The maximum absolute atomic E-state index is 9.29. The van der Waals surface area contributed by atoms with Crippen LogP contribution in [0.5, 0.6) is 5.75 Å². The third-order valence-corrected chi connectivity index (χ3v) is 6.43. The lowest BCUT2D eigenvalue weighted by atomic mass is 10.0. The van der Waals surface area contributed by atoms with Crippen molar-refractivity contribution in [2.75, 3.05) is 30.5 Å². The molecule has 0 bridgehead atoms. The van der Waals surface area contributed by atoms with Gasteiger partial charge in [0.2, 0.25) is 11.1 Å². The first kappa shape index (κ1) is 22.2. The van der Waals surface area contributed by atoms with Gasteiger partial charge in [0.25, 0.3) is 0 Å². The molecular weight excluding hydrogens is 452 g/mol. The topological polar surface area (TPSA) is 114 Å². The molecule has 5 rings (SSSR count). The van der Waals surface area contributed by atoms with Crippen molar-refractivity contribution < 1.29 is 9.84 Å². The first-order chi connectivity index (χ1) is 16.7. The van der Waals surface area contributed by atoms with Crippen LogP contribution in [0.15, 0.2) is 43.0 Å². The number of hydrogen-bond acceptors (Lipinski definition) is 10. The lowest BCUT2D eigenvalue weighted by molar-refractivity contribution is 0.269. The minimum absolute atomic E-state index is 0.00311. The van der Waals surface area contributed by atoms with E-state index in [1.807, 2.05) is 6.20 Å². The largest absolute Gasteiger partial charge is 0.491 e. The summed E-state index contributed by atoms with van der Waals surface area (Å²) >= 11 is 1.24. The maximum atomic E-state index is 9.29. The van der Waals surface area contributed by atoms with Crippen molar-refractivity contribution >= 4 is 28.4 Å². The normalized spacial score (nSPS) is 15.6. The molecule has 3 aromatic heterocycles. The van der Waals surface area contributed by atoms with Crippen molar-refractivity contribution in [2.45, 2.75) is 32.4 Å². The number of nitrogens with one attached hydrogen (secondary N) is 1. The highest BCUT2D eigenvalue weighted by Crippen LogP contribution is 2.40. The Bertz CT molecular complexity index is 1240. The lowest BCUT2D eigenvalue weighted by Gasteiger charge is -2.26. The van der Waals surface area contributed by atoms with E-state index >= 15 is 0 Å². The second-order valence-electron chi connectivity index (χ2n) is 8.10. The highest BCUT2D eigenvalue weighted by Gasteiger charge is 2.30. The molecule has 0 aliphatic carbocycles. The Labute approximate surface area is 201 Å². The smallest absolute Gasteiger partial charge is 0.228 e. The summed E-state index contributed by atoms with van der Waals surface area (Å²) in [6.07, 6.45) is 7.15. The summed E-state index contributed by atoms with van der Waals surface area (Å²) in [5, 5.41) is 17.5. The van der Waals surface area contributed by atoms with E-state index in [-0.39, 0.29) is 12.6 Å². The molecule has 0 saturated carbocycles. The molecular formula is C23H26N8O2S. The fourth-order valence-electron chi connectivity index (χ4n) is 4.22. The van der Waals surface area contributed by atoms with Crippen LogP contribution in [0.3, 0.4) is 0 Å². The molecule has 11 heteroatoms. The van der Waals surface area contributed by atoms with Crippen LogP contribution in [0, 0.1) is 6.92 Å². The SMILES string of the molecule is COc1c(Nc2ncns2)nc(N2CCC[C@H]2c2ccc(C)cc2)nc1-c1cnn(CCO)c1. The van der Waals surface area contributed by atoms with Gasteiger partial charge in [0.05, 0.1) is 32.5 Å². The lowest BCUT2D eigenvalue weighted by Crippen LogP contribution is -2.25. The zero-order valence-electron chi connectivity index (χ0n) is 19.0. The molecule has 10 nitrogen and oxygen atoms in total. The summed E-state index contributed by atoms with van der Waals surface area (Å²) in [7, 11) is 1.59. The van der Waals surface area contributed by atoms with E-state index in [0.717, 1.165) is 24.9 Å². The molecule has 4 heterocycles. The van der Waals surface area contributed by atoms with Crippen molar-refractivity contribution in [3.8, 4) is 17.0 Å². The number of aryl methyl sites for hydroxylation is 1. The Morgan fingerprint density at radius 3 is 2.82 bits per heavy atom. The number of anilines is 3. The van der Waals surface area contributed by atoms with Crippen LogP contribution in [0.1, 0.15) is 30.0 Å². The average Bonchev–Trinajstić information content (AvgIpc) is 3.62. The summed E-state index contributed by atoms with van der Waals surface area (Å²) in [4.78, 5) is 16.3. The van der Waals surface area contributed by atoms with Crippen molar-refractivity contribution in [1.29, 1.82) is 0 Å². The van der Waals surface area contributed by atoms with Crippen LogP contribution in [0.25, 0.3) is 11.3 Å². The fourth-order valence-corrected chi connectivity index (χ4v) is 4.65. The zero-order valence-corrected chi connectivity index (χ0v) is 19.9. The molecule has 176 valence electrons. The van der Waals surface area contributed by atoms with E-state index in [1.165, 1.54) is 29.0 Å². The monoisotopic (exact) mass is 478 g/mol. The molecule has 1 saturated heterocycles. The van der Waals surface area contributed by atoms with Gasteiger partial charge in [0.1, 0.15) is 12.0 Å². The molecule has 0 radical (unpaired) electrons. The quantitative estimate of drug-likeness (QED) is 0.392. The third kappa shape index (κ3) is 4.44. The molecule has 2 N–H and O–H groups in total. The molecule has 0 unspecified atom stereocenters. The molecule has 4 aromatic rings. The van der Waals surface area contributed by atoms with Gasteiger partial charge >= 0.3 is 0 Å². The highest BCUT2D eigenvalue weighted by molar-refractivity contribution is 7.09. The number of hydrogen-bond donors (Lipinski definition) is 2. The van der Waals surface area contributed by atoms with Gasteiger partial charge in [-0.3, -0.25) is 4.68 Å². The van der Waals surface area contributed by atoms with E-state index in [2.05, 4.69) is 55.9 Å². The van der Waals surface area contributed by atoms with Crippen LogP contribution < -0.4 is 15.0 Å². The molecule has 0 amide bonds. The molecule has 0 spiro atoms.